The van der Waals surface area contributed by atoms with E-state index in [0.717, 1.165) is 27.8 Å². The SMILES string of the molecule is C=Cc1c(C=C)c2cc(-c3cc4ccccc4c4ccccc34)c(-c3cccc4c5c(c(C(=NC(C)c6ccc(-c7ccccc7)cc6)c6ccccc6)c(C)c34)[CH]5)cc2c2ccccc12. The van der Waals surface area contributed by atoms with Crippen molar-refractivity contribution in [1.82, 2.24) is 0 Å². The largest absolute Gasteiger partial charge is 0.276 e. The third kappa shape index (κ3) is 6.34. The molecule has 0 fully saturated rings. The van der Waals surface area contributed by atoms with Gasteiger partial charge in [-0.3, -0.25) is 4.99 Å². The molecule has 1 atom stereocenters. The van der Waals surface area contributed by atoms with Crippen LogP contribution in [0.3, 0.4) is 0 Å². The molecule has 0 bridgehead atoms. The first-order valence-corrected chi connectivity index (χ1v) is 22.9. The van der Waals surface area contributed by atoms with E-state index in [2.05, 4.69) is 228 Å². The van der Waals surface area contributed by atoms with Crippen molar-refractivity contribution in [1.29, 1.82) is 0 Å². The lowest BCUT2D eigenvalue weighted by Gasteiger charge is -2.21. The second-order valence-corrected chi connectivity index (χ2v) is 17.6. The van der Waals surface area contributed by atoms with Crippen molar-refractivity contribution in [3.8, 4) is 33.4 Å². The van der Waals surface area contributed by atoms with Crippen LogP contribution in [0.4, 0.5) is 0 Å². The van der Waals surface area contributed by atoms with Crippen LogP contribution in [-0.2, 0) is 0 Å². The molecule has 1 unspecified atom stereocenters. The maximum Gasteiger partial charge on any atom is 0.0732 e. The number of aryl methyl sites for hydroxylation is 1. The standard InChI is InChI=1S/C65H46N/c1-5-47-48(6-2)57-37-61(56-36-46-24-13-14-25-49(46)51-27-16-18-29-53(51)56)59(38-58(57)52-28-17-15-26-50(47)52)54-30-19-31-55-60-39-62(60)64(40(3)63(54)55)65(45-22-11-8-12-23-45)66-41(4)42-32-34-44(35-33-42)43-20-9-7-10-21-43/h5-39,41H,1-2H2,3-4H3. The van der Waals surface area contributed by atoms with Crippen LogP contribution in [0.5, 0.6) is 0 Å². The summed E-state index contributed by atoms with van der Waals surface area (Å²) in [6, 6.07) is 70.8. The molecule has 0 aromatic heterocycles. The summed E-state index contributed by atoms with van der Waals surface area (Å²) in [6.45, 7) is 13.2. The van der Waals surface area contributed by atoms with Gasteiger partial charge in [0.1, 0.15) is 0 Å². The molecule has 0 N–H and O–H groups in total. The van der Waals surface area contributed by atoms with E-state index < -0.39 is 0 Å². The molecule has 1 nitrogen and oxygen atoms in total. The number of benzene rings is 11. The van der Waals surface area contributed by atoms with E-state index in [1.165, 1.54) is 110 Å². The lowest BCUT2D eigenvalue weighted by molar-refractivity contribution is 0.821. The number of rotatable bonds is 9. The Kier molecular flexibility index (Phi) is 9.47. The predicted molar refractivity (Wildman–Crippen MR) is 285 cm³/mol. The highest BCUT2D eigenvalue weighted by Crippen LogP contribution is 2.50. The summed E-state index contributed by atoms with van der Waals surface area (Å²) in [5.41, 5.74) is 17.7. The van der Waals surface area contributed by atoms with Crippen molar-refractivity contribution in [2.75, 3.05) is 0 Å². The van der Waals surface area contributed by atoms with Gasteiger partial charge in [0.2, 0.25) is 0 Å². The molecule has 1 aliphatic carbocycles. The molecule has 1 radical (unpaired) electrons. The Bertz CT molecular complexity index is 3820. The summed E-state index contributed by atoms with van der Waals surface area (Å²) in [7, 11) is 0. The van der Waals surface area contributed by atoms with Gasteiger partial charge in [0.25, 0.3) is 0 Å². The Hall–Kier alpha value is -8.13. The third-order valence-corrected chi connectivity index (χ3v) is 14.0. The van der Waals surface area contributed by atoms with Gasteiger partial charge in [0.15, 0.2) is 0 Å². The highest BCUT2D eigenvalue weighted by molar-refractivity contribution is 6.24. The summed E-state index contributed by atoms with van der Waals surface area (Å²) < 4.78 is 0. The molecular formula is C65H46N. The second kappa shape index (κ2) is 15.8. The molecule has 11 aromatic rings. The smallest absolute Gasteiger partial charge is 0.0732 e. The van der Waals surface area contributed by atoms with Gasteiger partial charge in [-0.2, -0.15) is 0 Å². The molecule has 311 valence electrons. The van der Waals surface area contributed by atoms with Gasteiger partial charge >= 0.3 is 0 Å². The van der Waals surface area contributed by atoms with Crippen LogP contribution >= 0.6 is 0 Å². The van der Waals surface area contributed by atoms with Gasteiger partial charge in [-0.1, -0.05) is 201 Å². The summed E-state index contributed by atoms with van der Waals surface area (Å²) in [5.74, 6) is 0. The van der Waals surface area contributed by atoms with Crippen molar-refractivity contribution in [3.63, 3.8) is 0 Å². The van der Waals surface area contributed by atoms with E-state index in [4.69, 9.17) is 4.99 Å². The molecule has 0 saturated carbocycles. The van der Waals surface area contributed by atoms with Crippen molar-refractivity contribution >= 4 is 71.7 Å². The minimum atomic E-state index is -0.0779. The zero-order chi connectivity index (χ0) is 44.5. The molecule has 1 heteroatoms. The Morgan fingerprint density at radius 3 is 1.74 bits per heavy atom. The van der Waals surface area contributed by atoms with E-state index >= 15 is 0 Å². The van der Waals surface area contributed by atoms with Crippen LogP contribution in [0.2, 0.25) is 0 Å². The quantitative estimate of drug-likeness (QED) is 0.101. The van der Waals surface area contributed by atoms with Gasteiger partial charge in [0.05, 0.1) is 11.8 Å². The number of aliphatic imine (C=N–C) groups is 1. The summed E-state index contributed by atoms with van der Waals surface area (Å²) in [6.07, 6.45) is 6.37. The first-order chi connectivity index (χ1) is 32.5. The molecule has 0 heterocycles. The zero-order valence-electron chi connectivity index (χ0n) is 37.1. The topological polar surface area (TPSA) is 12.4 Å². The Morgan fingerprint density at radius 1 is 0.455 bits per heavy atom. The molecule has 0 spiro atoms. The average molecular weight is 841 g/mol. The maximum absolute atomic E-state index is 5.67. The minimum Gasteiger partial charge on any atom is -0.276 e. The van der Waals surface area contributed by atoms with Gasteiger partial charge in [-0.15, -0.1) is 0 Å². The monoisotopic (exact) mass is 840 g/mol. The first-order valence-electron chi connectivity index (χ1n) is 22.9. The minimum absolute atomic E-state index is 0.0779. The second-order valence-electron chi connectivity index (χ2n) is 17.6. The van der Waals surface area contributed by atoms with Crippen molar-refractivity contribution in [3.05, 3.63) is 258 Å². The molecule has 0 amide bonds. The predicted octanol–water partition coefficient (Wildman–Crippen LogP) is 17.6. The number of nitrogens with zero attached hydrogens (tertiary/aromatic N) is 1. The Balaban J connectivity index is 1.14. The van der Waals surface area contributed by atoms with E-state index in [1.807, 2.05) is 12.2 Å². The van der Waals surface area contributed by atoms with Gasteiger partial charge in [-0.05, 0) is 153 Å². The van der Waals surface area contributed by atoms with Crippen LogP contribution in [0, 0.1) is 13.3 Å². The fraction of sp³-hybridized carbons (Fsp3) is 0.0462. The van der Waals surface area contributed by atoms with Crippen LogP contribution in [0.15, 0.2) is 212 Å². The first kappa shape index (κ1) is 39.5. The van der Waals surface area contributed by atoms with Crippen LogP contribution < -0.4 is 0 Å². The molecule has 12 rings (SSSR count). The van der Waals surface area contributed by atoms with Crippen LogP contribution in [-0.4, -0.2) is 5.71 Å². The molecule has 1 aliphatic rings. The van der Waals surface area contributed by atoms with Gasteiger partial charge in [-0.25, -0.2) is 0 Å². The molecule has 0 aliphatic heterocycles. The molecule has 66 heavy (non-hydrogen) atoms. The van der Waals surface area contributed by atoms with E-state index in [-0.39, 0.29) is 6.04 Å². The zero-order valence-corrected chi connectivity index (χ0v) is 37.1. The molecular weight excluding hydrogens is 795 g/mol. The third-order valence-electron chi connectivity index (χ3n) is 14.0. The number of hydrogen-bond acceptors (Lipinski definition) is 1. The van der Waals surface area contributed by atoms with E-state index in [9.17, 15) is 0 Å². The summed E-state index contributed by atoms with van der Waals surface area (Å²) >= 11 is 0. The van der Waals surface area contributed by atoms with E-state index in [0.29, 0.717) is 0 Å². The lowest BCUT2D eigenvalue weighted by Crippen LogP contribution is -2.09. The molecule has 0 saturated heterocycles. The van der Waals surface area contributed by atoms with E-state index in [1.54, 1.807) is 0 Å². The highest BCUT2D eigenvalue weighted by Gasteiger charge is 2.32. The van der Waals surface area contributed by atoms with Crippen LogP contribution in [0.25, 0.3) is 99.4 Å². The fourth-order valence-electron chi connectivity index (χ4n) is 10.8. The number of fused-ring (bicyclic) bond motifs is 9. The van der Waals surface area contributed by atoms with Gasteiger partial charge in [0, 0.05) is 17.5 Å². The maximum atomic E-state index is 5.67. The highest BCUT2D eigenvalue weighted by atomic mass is 14.8. The Morgan fingerprint density at radius 2 is 1.02 bits per heavy atom. The fourth-order valence-corrected chi connectivity index (χ4v) is 10.8. The van der Waals surface area contributed by atoms with Crippen molar-refractivity contribution < 1.29 is 0 Å². The van der Waals surface area contributed by atoms with Crippen molar-refractivity contribution in [2.24, 2.45) is 4.99 Å². The summed E-state index contributed by atoms with van der Waals surface area (Å²) in [4.78, 5) is 5.67. The number of hydrogen-bond donors (Lipinski definition) is 0. The molecule has 11 aromatic carbocycles. The van der Waals surface area contributed by atoms with Gasteiger partial charge < -0.3 is 0 Å². The summed E-state index contributed by atoms with van der Waals surface area (Å²) in [5, 5.41) is 12.2. The lowest BCUT2D eigenvalue weighted by atomic mass is 9.82. The average Bonchev–Trinajstić information content (AvgIpc) is 4.19. The van der Waals surface area contributed by atoms with Crippen molar-refractivity contribution in [2.45, 2.75) is 19.9 Å². The van der Waals surface area contributed by atoms with Crippen LogP contribution in [0.1, 0.15) is 57.5 Å². The normalized spacial score (nSPS) is 12.8. The Labute approximate surface area is 386 Å².